The van der Waals surface area contributed by atoms with E-state index in [0.717, 1.165) is 0 Å². The molecule has 0 N–H and O–H groups in total. The highest BCUT2D eigenvalue weighted by Crippen LogP contribution is 2.38. The van der Waals surface area contributed by atoms with E-state index in [1.807, 2.05) is 13.8 Å². The molecule has 2 saturated heterocycles. The Balaban J connectivity index is 2.19. The number of hydrogen-bond acceptors (Lipinski definition) is 6. The van der Waals surface area contributed by atoms with Crippen LogP contribution in [0.5, 0.6) is 0 Å². The van der Waals surface area contributed by atoms with E-state index in [1.165, 1.54) is 0 Å². The van der Waals surface area contributed by atoms with E-state index >= 15 is 0 Å². The minimum absolute atomic E-state index is 0.212. The number of ether oxygens (including phenoxy) is 6. The Kier molecular flexibility index (Phi) is 4.25. The first kappa shape index (κ1) is 14.2. The maximum atomic E-state index is 5.90. The van der Waals surface area contributed by atoms with Crippen molar-refractivity contribution < 1.29 is 28.4 Å². The van der Waals surface area contributed by atoms with E-state index in [4.69, 9.17) is 28.4 Å². The van der Waals surface area contributed by atoms with Crippen LogP contribution in [0.25, 0.3) is 0 Å². The SMILES string of the molecule is COC[C@H]1O[C@H](OC)[C@H](OC)[C@H]2OC(C)(C)O[C@H]21. The third kappa shape index (κ3) is 2.54. The number of hydrogen-bond donors (Lipinski definition) is 0. The molecule has 5 atom stereocenters. The van der Waals surface area contributed by atoms with Crippen LogP contribution < -0.4 is 0 Å². The first-order valence-corrected chi connectivity index (χ1v) is 6.08. The van der Waals surface area contributed by atoms with Gasteiger partial charge in [0.05, 0.1) is 6.61 Å². The highest BCUT2D eigenvalue weighted by Gasteiger charge is 2.55. The van der Waals surface area contributed by atoms with Gasteiger partial charge in [0.2, 0.25) is 0 Å². The molecule has 6 nitrogen and oxygen atoms in total. The second-order valence-corrected chi connectivity index (χ2v) is 5.00. The average Bonchev–Trinajstić information content (AvgIpc) is 2.64. The molecule has 2 rings (SSSR count). The topological polar surface area (TPSA) is 55.4 Å². The molecular formula is C12H22O6. The summed E-state index contributed by atoms with van der Waals surface area (Å²) in [6.07, 6.45) is -1.44. The molecule has 106 valence electrons. The zero-order valence-electron chi connectivity index (χ0n) is 11.5. The molecule has 0 aliphatic carbocycles. The van der Waals surface area contributed by atoms with Gasteiger partial charge in [0, 0.05) is 21.3 Å². The lowest BCUT2D eigenvalue weighted by atomic mass is 9.99. The normalized spacial score (nSPS) is 42.8. The minimum atomic E-state index is -0.649. The molecule has 6 heteroatoms. The molecule has 2 fully saturated rings. The molecule has 0 spiro atoms. The lowest BCUT2D eigenvalue weighted by Crippen LogP contribution is -2.58. The molecule has 2 aliphatic rings. The van der Waals surface area contributed by atoms with Gasteiger partial charge in [0.25, 0.3) is 0 Å². The van der Waals surface area contributed by atoms with Gasteiger partial charge < -0.3 is 28.4 Å². The van der Waals surface area contributed by atoms with Crippen LogP contribution in [0.3, 0.4) is 0 Å². The molecule has 2 heterocycles. The summed E-state index contributed by atoms with van der Waals surface area (Å²) in [6.45, 7) is 4.18. The zero-order chi connectivity index (χ0) is 13.3. The Morgan fingerprint density at radius 2 is 1.67 bits per heavy atom. The second kappa shape index (κ2) is 5.40. The van der Waals surface area contributed by atoms with Crippen molar-refractivity contribution >= 4 is 0 Å². The molecule has 2 aliphatic heterocycles. The highest BCUT2D eigenvalue weighted by atomic mass is 16.8. The van der Waals surface area contributed by atoms with Crippen LogP contribution in [0, 0.1) is 0 Å². The molecule has 0 unspecified atom stereocenters. The van der Waals surface area contributed by atoms with Crippen LogP contribution in [0.15, 0.2) is 0 Å². The van der Waals surface area contributed by atoms with Crippen LogP contribution in [-0.2, 0) is 28.4 Å². The van der Waals surface area contributed by atoms with Gasteiger partial charge in [0.1, 0.15) is 24.4 Å². The largest absolute Gasteiger partial charge is 0.382 e. The predicted octanol–water partition coefficient (Wildman–Crippen LogP) is 0.539. The van der Waals surface area contributed by atoms with E-state index in [-0.39, 0.29) is 24.4 Å². The first-order valence-electron chi connectivity index (χ1n) is 6.08. The van der Waals surface area contributed by atoms with Gasteiger partial charge >= 0.3 is 0 Å². The average molecular weight is 262 g/mol. The van der Waals surface area contributed by atoms with Gasteiger partial charge in [-0.2, -0.15) is 0 Å². The van der Waals surface area contributed by atoms with Crippen molar-refractivity contribution in [1.82, 2.24) is 0 Å². The van der Waals surface area contributed by atoms with Crippen molar-refractivity contribution in [1.29, 1.82) is 0 Å². The van der Waals surface area contributed by atoms with E-state index in [0.29, 0.717) is 6.61 Å². The predicted molar refractivity (Wildman–Crippen MR) is 62.2 cm³/mol. The van der Waals surface area contributed by atoms with Gasteiger partial charge in [-0.25, -0.2) is 0 Å². The Morgan fingerprint density at radius 1 is 1.00 bits per heavy atom. The van der Waals surface area contributed by atoms with Crippen molar-refractivity contribution in [3.05, 3.63) is 0 Å². The third-order valence-electron chi connectivity index (χ3n) is 3.27. The maximum Gasteiger partial charge on any atom is 0.186 e. The molecule has 0 amide bonds. The Hall–Kier alpha value is -0.240. The van der Waals surface area contributed by atoms with Crippen molar-refractivity contribution in [2.75, 3.05) is 27.9 Å². The fraction of sp³-hybridized carbons (Fsp3) is 1.00. The third-order valence-corrected chi connectivity index (χ3v) is 3.27. The Morgan fingerprint density at radius 3 is 2.22 bits per heavy atom. The lowest BCUT2D eigenvalue weighted by Gasteiger charge is -2.40. The van der Waals surface area contributed by atoms with Crippen LogP contribution in [-0.4, -0.2) is 64.4 Å². The second-order valence-electron chi connectivity index (χ2n) is 5.00. The molecule has 0 aromatic heterocycles. The molecular weight excluding hydrogens is 240 g/mol. The Labute approximate surface area is 107 Å². The van der Waals surface area contributed by atoms with Crippen molar-refractivity contribution in [3.8, 4) is 0 Å². The Bertz CT molecular complexity index is 282. The van der Waals surface area contributed by atoms with Crippen LogP contribution >= 0.6 is 0 Å². The summed E-state index contributed by atoms with van der Waals surface area (Å²) in [5, 5.41) is 0. The van der Waals surface area contributed by atoms with Crippen LogP contribution in [0.1, 0.15) is 13.8 Å². The molecule has 0 saturated carbocycles. The van der Waals surface area contributed by atoms with Crippen molar-refractivity contribution in [3.63, 3.8) is 0 Å². The summed E-state index contributed by atoms with van der Waals surface area (Å²) < 4.78 is 33.5. The zero-order valence-corrected chi connectivity index (χ0v) is 11.5. The van der Waals surface area contributed by atoms with E-state index in [1.54, 1.807) is 21.3 Å². The van der Waals surface area contributed by atoms with E-state index < -0.39 is 12.1 Å². The fourth-order valence-electron chi connectivity index (χ4n) is 2.57. The molecule has 0 bridgehead atoms. The number of rotatable bonds is 4. The fourth-order valence-corrected chi connectivity index (χ4v) is 2.57. The van der Waals surface area contributed by atoms with Gasteiger partial charge in [-0.1, -0.05) is 0 Å². The maximum absolute atomic E-state index is 5.90. The van der Waals surface area contributed by atoms with Gasteiger partial charge in [-0.15, -0.1) is 0 Å². The van der Waals surface area contributed by atoms with Gasteiger partial charge in [-0.05, 0) is 13.8 Å². The summed E-state index contributed by atoms with van der Waals surface area (Å²) in [4.78, 5) is 0. The summed E-state index contributed by atoms with van der Waals surface area (Å²) in [5.41, 5.74) is 0. The summed E-state index contributed by atoms with van der Waals surface area (Å²) in [7, 11) is 4.83. The van der Waals surface area contributed by atoms with E-state index in [2.05, 4.69) is 0 Å². The first-order chi connectivity index (χ1) is 8.52. The molecule has 0 radical (unpaired) electrons. The minimum Gasteiger partial charge on any atom is -0.382 e. The van der Waals surface area contributed by atoms with Gasteiger partial charge in [-0.3, -0.25) is 0 Å². The van der Waals surface area contributed by atoms with Crippen LogP contribution in [0.2, 0.25) is 0 Å². The van der Waals surface area contributed by atoms with Crippen molar-refractivity contribution in [2.24, 2.45) is 0 Å². The molecule has 18 heavy (non-hydrogen) atoms. The molecule has 0 aromatic carbocycles. The van der Waals surface area contributed by atoms with Crippen LogP contribution in [0.4, 0.5) is 0 Å². The number of fused-ring (bicyclic) bond motifs is 1. The molecule has 0 aromatic rings. The summed E-state index contributed by atoms with van der Waals surface area (Å²) in [6, 6.07) is 0. The number of methoxy groups -OCH3 is 3. The quantitative estimate of drug-likeness (QED) is 0.737. The highest BCUT2D eigenvalue weighted by molar-refractivity contribution is 4.97. The summed E-state index contributed by atoms with van der Waals surface area (Å²) >= 11 is 0. The lowest BCUT2D eigenvalue weighted by molar-refractivity contribution is -0.280. The monoisotopic (exact) mass is 262 g/mol. The van der Waals surface area contributed by atoms with Gasteiger partial charge in [0.15, 0.2) is 12.1 Å². The smallest absolute Gasteiger partial charge is 0.186 e. The standard InChI is InChI=1S/C12H22O6/c1-12(2)17-8-7(6-13-3)16-11(15-5)10(14-4)9(8)18-12/h7-11H,6H2,1-5H3/t7-,8+,9+,10-,11+/m1/s1. The summed E-state index contributed by atoms with van der Waals surface area (Å²) in [5.74, 6) is -0.649. The van der Waals surface area contributed by atoms with Crippen molar-refractivity contribution in [2.45, 2.75) is 50.3 Å². The van der Waals surface area contributed by atoms with E-state index in [9.17, 15) is 0 Å².